The van der Waals surface area contributed by atoms with Gasteiger partial charge >= 0.3 is 0 Å². The molecule has 3 nitrogen and oxygen atoms in total. The molecule has 1 aliphatic rings. The molecule has 1 saturated heterocycles. The van der Waals surface area contributed by atoms with E-state index in [2.05, 4.69) is 39.9 Å². The van der Waals surface area contributed by atoms with E-state index in [4.69, 9.17) is 0 Å². The molecule has 82 valence electrons. The molecule has 1 fully saturated rings. The van der Waals surface area contributed by atoms with Gasteiger partial charge in [0.25, 0.3) is 0 Å². The van der Waals surface area contributed by atoms with E-state index >= 15 is 0 Å². The van der Waals surface area contributed by atoms with Crippen molar-refractivity contribution in [3.8, 4) is 0 Å². The summed E-state index contributed by atoms with van der Waals surface area (Å²) < 4.78 is 0. The van der Waals surface area contributed by atoms with E-state index in [0.29, 0.717) is 6.42 Å². The molecule has 0 spiro atoms. The highest BCUT2D eigenvalue weighted by molar-refractivity contribution is 5.78. The first-order valence-electron chi connectivity index (χ1n) is 5.28. The van der Waals surface area contributed by atoms with Crippen molar-refractivity contribution in [3.05, 3.63) is 0 Å². The first kappa shape index (κ1) is 11.5. The largest absolute Gasteiger partial charge is 0.337 e. The normalized spacial score (nSPS) is 23.5. The van der Waals surface area contributed by atoms with Crippen LogP contribution in [0.3, 0.4) is 0 Å². The Kier molecular flexibility index (Phi) is 2.91. The molecule has 0 unspecified atom stereocenters. The van der Waals surface area contributed by atoms with E-state index in [9.17, 15) is 4.79 Å². The Morgan fingerprint density at radius 3 is 2.43 bits per heavy atom. The van der Waals surface area contributed by atoms with Crippen molar-refractivity contribution in [2.24, 2.45) is 0 Å². The summed E-state index contributed by atoms with van der Waals surface area (Å²) in [6.07, 6.45) is 0.588. The van der Waals surface area contributed by atoms with Gasteiger partial charge in [0.1, 0.15) is 0 Å². The molecule has 0 saturated carbocycles. The van der Waals surface area contributed by atoms with Gasteiger partial charge in [-0.15, -0.1) is 0 Å². The first-order valence-corrected chi connectivity index (χ1v) is 5.28. The second kappa shape index (κ2) is 3.54. The van der Waals surface area contributed by atoms with Crippen LogP contribution in [0.25, 0.3) is 0 Å². The fraction of sp³-hybridized carbons (Fsp3) is 0.909. The smallest absolute Gasteiger partial charge is 0.224 e. The second-order valence-corrected chi connectivity index (χ2v) is 5.70. The van der Waals surface area contributed by atoms with Crippen LogP contribution in [-0.4, -0.2) is 35.0 Å². The molecule has 0 aliphatic carbocycles. The van der Waals surface area contributed by atoms with E-state index in [1.807, 2.05) is 4.90 Å². The number of rotatable bonds is 0. The molecule has 0 aromatic heterocycles. The maximum atomic E-state index is 12.0. The minimum absolute atomic E-state index is 0.0564. The molecular weight excluding hydrogens is 176 g/mol. The standard InChI is InChI=1S/C11H22N2O/c1-10(2,3)13-7-6-12-11(4,5)8-9(13)14/h12H,6-8H2,1-5H3. The number of carbonyl (C=O) groups excluding carboxylic acids is 1. The molecule has 1 N–H and O–H groups in total. The lowest BCUT2D eigenvalue weighted by atomic mass is 9.99. The molecule has 3 heteroatoms. The second-order valence-electron chi connectivity index (χ2n) is 5.70. The monoisotopic (exact) mass is 198 g/mol. The van der Waals surface area contributed by atoms with Crippen LogP contribution in [0.5, 0.6) is 0 Å². The van der Waals surface area contributed by atoms with Gasteiger partial charge in [-0.3, -0.25) is 4.79 Å². The van der Waals surface area contributed by atoms with Gasteiger partial charge in [-0.25, -0.2) is 0 Å². The first-order chi connectivity index (χ1) is 6.22. The van der Waals surface area contributed by atoms with Gasteiger partial charge in [-0.2, -0.15) is 0 Å². The topological polar surface area (TPSA) is 32.3 Å². The average Bonchev–Trinajstić information content (AvgIpc) is 2.05. The zero-order valence-electron chi connectivity index (χ0n) is 9.98. The van der Waals surface area contributed by atoms with Crippen molar-refractivity contribution in [1.29, 1.82) is 0 Å². The Hall–Kier alpha value is -0.570. The summed E-state index contributed by atoms with van der Waals surface area (Å²) in [6.45, 7) is 12.1. The van der Waals surface area contributed by atoms with Crippen LogP contribution in [0.4, 0.5) is 0 Å². The quantitative estimate of drug-likeness (QED) is 0.638. The number of hydrogen-bond donors (Lipinski definition) is 1. The molecule has 0 bridgehead atoms. The third-order valence-electron chi connectivity index (χ3n) is 2.64. The summed E-state index contributed by atoms with van der Waals surface area (Å²) >= 11 is 0. The van der Waals surface area contributed by atoms with Crippen molar-refractivity contribution in [2.75, 3.05) is 13.1 Å². The highest BCUT2D eigenvalue weighted by Crippen LogP contribution is 2.20. The molecule has 1 rings (SSSR count). The fourth-order valence-electron chi connectivity index (χ4n) is 1.88. The highest BCUT2D eigenvalue weighted by atomic mass is 16.2. The summed E-state index contributed by atoms with van der Waals surface area (Å²) in [7, 11) is 0. The van der Waals surface area contributed by atoms with Crippen LogP contribution >= 0.6 is 0 Å². The van der Waals surface area contributed by atoms with Crippen LogP contribution < -0.4 is 5.32 Å². The number of carbonyl (C=O) groups is 1. The van der Waals surface area contributed by atoms with Crippen LogP contribution in [-0.2, 0) is 4.79 Å². The molecule has 0 radical (unpaired) electrons. The lowest BCUT2D eigenvalue weighted by Gasteiger charge is -2.34. The van der Waals surface area contributed by atoms with Crippen molar-refractivity contribution < 1.29 is 4.79 Å². The van der Waals surface area contributed by atoms with Gasteiger partial charge in [-0.05, 0) is 34.6 Å². The number of amides is 1. The molecule has 1 heterocycles. The van der Waals surface area contributed by atoms with E-state index in [0.717, 1.165) is 13.1 Å². The van der Waals surface area contributed by atoms with Gasteiger partial charge in [0, 0.05) is 30.6 Å². The maximum Gasteiger partial charge on any atom is 0.224 e. The molecule has 0 aromatic rings. The van der Waals surface area contributed by atoms with Gasteiger partial charge in [0.2, 0.25) is 5.91 Å². The predicted molar refractivity (Wildman–Crippen MR) is 58.2 cm³/mol. The summed E-state index contributed by atoms with van der Waals surface area (Å²) in [5.74, 6) is 0.257. The van der Waals surface area contributed by atoms with Crippen molar-refractivity contribution >= 4 is 5.91 Å². The Morgan fingerprint density at radius 2 is 1.93 bits per heavy atom. The van der Waals surface area contributed by atoms with Crippen LogP contribution in [0.1, 0.15) is 41.0 Å². The van der Waals surface area contributed by atoms with Gasteiger partial charge in [-0.1, -0.05) is 0 Å². The summed E-state index contributed by atoms with van der Waals surface area (Å²) in [6, 6.07) is 0. The lowest BCUT2D eigenvalue weighted by molar-refractivity contribution is -0.135. The van der Waals surface area contributed by atoms with Crippen LogP contribution in [0.15, 0.2) is 0 Å². The molecule has 0 aromatic carbocycles. The van der Waals surface area contributed by atoms with Crippen LogP contribution in [0.2, 0.25) is 0 Å². The minimum Gasteiger partial charge on any atom is -0.337 e. The van der Waals surface area contributed by atoms with Gasteiger partial charge in [0.05, 0.1) is 0 Å². The Labute approximate surface area is 86.9 Å². The molecular formula is C11H22N2O. The Morgan fingerprint density at radius 1 is 1.36 bits per heavy atom. The van der Waals surface area contributed by atoms with E-state index in [1.54, 1.807) is 0 Å². The third kappa shape index (κ3) is 2.71. The highest BCUT2D eigenvalue weighted by Gasteiger charge is 2.33. The summed E-state index contributed by atoms with van der Waals surface area (Å²) in [5, 5.41) is 3.39. The molecule has 14 heavy (non-hydrogen) atoms. The zero-order chi connectivity index (χ0) is 11.0. The molecule has 1 amide bonds. The Bertz CT molecular complexity index is 228. The summed E-state index contributed by atoms with van der Waals surface area (Å²) in [5.41, 5.74) is -0.115. The van der Waals surface area contributed by atoms with E-state index in [-0.39, 0.29) is 17.0 Å². The SMILES string of the molecule is CC1(C)CC(=O)N(C(C)(C)C)CCN1. The van der Waals surface area contributed by atoms with Crippen LogP contribution in [0, 0.1) is 0 Å². The maximum absolute atomic E-state index is 12.0. The zero-order valence-corrected chi connectivity index (χ0v) is 9.98. The predicted octanol–water partition coefficient (Wildman–Crippen LogP) is 1.39. The van der Waals surface area contributed by atoms with E-state index < -0.39 is 0 Å². The average molecular weight is 198 g/mol. The number of hydrogen-bond acceptors (Lipinski definition) is 2. The minimum atomic E-state index is -0.0584. The lowest BCUT2D eigenvalue weighted by Crippen LogP contribution is -2.46. The number of nitrogens with one attached hydrogen (secondary N) is 1. The third-order valence-corrected chi connectivity index (χ3v) is 2.64. The van der Waals surface area contributed by atoms with Crippen molar-refractivity contribution in [3.63, 3.8) is 0 Å². The fourth-order valence-corrected chi connectivity index (χ4v) is 1.88. The van der Waals surface area contributed by atoms with Crippen molar-refractivity contribution in [1.82, 2.24) is 10.2 Å². The molecule has 1 aliphatic heterocycles. The Balaban J connectivity index is 2.78. The van der Waals surface area contributed by atoms with Crippen molar-refractivity contribution in [2.45, 2.75) is 52.1 Å². The van der Waals surface area contributed by atoms with Gasteiger partial charge in [0.15, 0.2) is 0 Å². The molecule has 0 atom stereocenters. The summed E-state index contributed by atoms with van der Waals surface area (Å²) in [4.78, 5) is 13.9. The van der Waals surface area contributed by atoms with E-state index in [1.165, 1.54) is 0 Å². The number of nitrogens with zero attached hydrogens (tertiary/aromatic N) is 1. The van der Waals surface area contributed by atoms with Gasteiger partial charge < -0.3 is 10.2 Å².